The zero-order valence-electron chi connectivity index (χ0n) is 19.6. The Hall–Kier alpha value is -4.03. The van der Waals surface area contributed by atoms with Crippen LogP contribution in [0.4, 0.5) is 5.69 Å². The van der Waals surface area contributed by atoms with E-state index in [0.29, 0.717) is 16.7 Å². The SMILES string of the molecule is CCOc1ccc(N=C2NC(=O)/C(=C/c3cc(C)n(-c4ccccc4)c3-c3ccccc3)S2)cc1. The van der Waals surface area contributed by atoms with Crippen LogP contribution in [-0.2, 0) is 4.79 Å². The molecule has 0 radical (unpaired) electrons. The van der Waals surface area contributed by atoms with Crippen LogP contribution in [0.25, 0.3) is 23.0 Å². The van der Waals surface area contributed by atoms with Crippen molar-refractivity contribution in [1.82, 2.24) is 9.88 Å². The Balaban J connectivity index is 1.51. The molecular weight excluding hydrogens is 454 g/mol. The van der Waals surface area contributed by atoms with Crippen LogP contribution in [0.15, 0.2) is 101 Å². The minimum atomic E-state index is -0.149. The van der Waals surface area contributed by atoms with E-state index in [2.05, 4.69) is 52.1 Å². The molecule has 1 saturated heterocycles. The predicted octanol–water partition coefficient (Wildman–Crippen LogP) is 6.74. The number of para-hydroxylation sites is 1. The molecule has 0 aliphatic carbocycles. The van der Waals surface area contributed by atoms with Crippen molar-refractivity contribution in [3.8, 4) is 22.7 Å². The number of hydrogen-bond donors (Lipinski definition) is 1. The lowest BCUT2D eigenvalue weighted by Crippen LogP contribution is -2.19. The molecule has 1 aliphatic heterocycles. The molecule has 0 unspecified atom stereocenters. The second-order valence-corrected chi connectivity index (χ2v) is 9.07. The van der Waals surface area contributed by atoms with E-state index in [1.54, 1.807) is 0 Å². The van der Waals surface area contributed by atoms with E-state index in [4.69, 9.17) is 4.74 Å². The predicted molar refractivity (Wildman–Crippen MR) is 144 cm³/mol. The molecule has 5 rings (SSSR count). The van der Waals surface area contributed by atoms with Gasteiger partial charge in [-0.05, 0) is 79.7 Å². The Labute approximate surface area is 209 Å². The summed E-state index contributed by atoms with van der Waals surface area (Å²) in [5, 5.41) is 3.45. The maximum atomic E-state index is 12.8. The minimum absolute atomic E-state index is 0.149. The van der Waals surface area contributed by atoms with Gasteiger partial charge in [-0.25, -0.2) is 4.99 Å². The van der Waals surface area contributed by atoms with Crippen LogP contribution in [-0.4, -0.2) is 22.2 Å². The molecular formula is C29H25N3O2S. The van der Waals surface area contributed by atoms with Crippen molar-refractivity contribution in [1.29, 1.82) is 0 Å². The quantitative estimate of drug-likeness (QED) is 0.312. The molecule has 0 saturated carbocycles. The van der Waals surface area contributed by atoms with Gasteiger partial charge < -0.3 is 14.6 Å². The molecule has 0 atom stereocenters. The number of aryl methyl sites for hydroxylation is 1. The fraction of sp³-hybridized carbons (Fsp3) is 0.103. The summed E-state index contributed by atoms with van der Waals surface area (Å²) in [6, 6.07) is 30.2. The van der Waals surface area contributed by atoms with Gasteiger partial charge in [-0.2, -0.15) is 0 Å². The van der Waals surface area contributed by atoms with Gasteiger partial charge in [-0.1, -0.05) is 48.5 Å². The van der Waals surface area contributed by atoms with Gasteiger partial charge in [0, 0.05) is 16.9 Å². The molecule has 1 aliphatic rings. The average Bonchev–Trinajstić information content (AvgIpc) is 3.39. The molecule has 1 fully saturated rings. The molecule has 174 valence electrons. The summed E-state index contributed by atoms with van der Waals surface area (Å²) in [6.45, 7) is 4.65. The molecule has 3 aromatic carbocycles. The third-order valence-corrected chi connectivity index (χ3v) is 6.50. The molecule has 5 nitrogen and oxygen atoms in total. The number of aromatic nitrogens is 1. The van der Waals surface area contributed by atoms with Gasteiger partial charge in [0.25, 0.3) is 5.91 Å². The van der Waals surface area contributed by atoms with Gasteiger partial charge in [0.05, 0.1) is 22.9 Å². The first kappa shape index (κ1) is 22.7. The number of carbonyl (C=O) groups is 1. The van der Waals surface area contributed by atoms with E-state index >= 15 is 0 Å². The van der Waals surface area contributed by atoms with Crippen LogP contribution in [0.3, 0.4) is 0 Å². The number of ether oxygens (including phenoxy) is 1. The van der Waals surface area contributed by atoms with Crippen LogP contribution in [0.5, 0.6) is 5.75 Å². The standard InChI is InChI=1S/C29H25N3O2S/c1-3-34-25-16-14-23(15-17-25)30-29-31-28(33)26(35-29)19-22-18-20(2)32(24-12-8-5-9-13-24)27(22)21-10-6-4-7-11-21/h4-19H,3H2,1-2H3,(H,30,31,33)/b26-19-. The zero-order valence-corrected chi connectivity index (χ0v) is 20.4. The van der Waals surface area contributed by atoms with Gasteiger partial charge in [0.15, 0.2) is 5.17 Å². The van der Waals surface area contributed by atoms with Crippen molar-refractivity contribution in [2.75, 3.05) is 6.61 Å². The molecule has 2 heterocycles. The highest BCUT2D eigenvalue weighted by Crippen LogP contribution is 2.35. The van der Waals surface area contributed by atoms with Crippen molar-refractivity contribution in [3.63, 3.8) is 0 Å². The second-order valence-electron chi connectivity index (χ2n) is 8.04. The largest absolute Gasteiger partial charge is 0.494 e. The first-order valence-electron chi connectivity index (χ1n) is 11.5. The highest BCUT2D eigenvalue weighted by Gasteiger charge is 2.25. The first-order chi connectivity index (χ1) is 17.1. The minimum Gasteiger partial charge on any atom is -0.494 e. The molecule has 1 N–H and O–H groups in total. The Morgan fingerprint density at radius 1 is 0.971 bits per heavy atom. The topological polar surface area (TPSA) is 55.6 Å². The van der Waals surface area contributed by atoms with Crippen LogP contribution < -0.4 is 10.1 Å². The number of nitrogens with one attached hydrogen (secondary N) is 1. The number of amidine groups is 1. The maximum Gasteiger partial charge on any atom is 0.264 e. The summed E-state index contributed by atoms with van der Waals surface area (Å²) in [4.78, 5) is 18.0. The third kappa shape index (κ3) is 4.93. The smallest absolute Gasteiger partial charge is 0.264 e. The van der Waals surface area contributed by atoms with Crippen LogP contribution in [0.1, 0.15) is 18.2 Å². The molecule has 1 aromatic heterocycles. The summed E-state index contributed by atoms with van der Waals surface area (Å²) < 4.78 is 7.72. The number of carbonyl (C=O) groups excluding carboxylic acids is 1. The van der Waals surface area contributed by atoms with E-state index in [0.717, 1.165) is 39.6 Å². The van der Waals surface area contributed by atoms with E-state index in [1.807, 2.05) is 73.7 Å². The number of nitrogens with zero attached hydrogens (tertiary/aromatic N) is 2. The molecule has 1 amide bonds. The normalized spacial score (nSPS) is 15.5. The lowest BCUT2D eigenvalue weighted by molar-refractivity contribution is -0.115. The van der Waals surface area contributed by atoms with Gasteiger partial charge in [-0.3, -0.25) is 4.79 Å². The van der Waals surface area contributed by atoms with Gasteiger partial charge in [0.2, 0.25) is 0 Å². The number of hydrogen-bond acceptors (Lipinski definition) is 4. The fourth-order valence-corrected chi connectivity index (χ4v) is 4.93. The summed E-state index contributed by atoms with van der Waals surface area (Å²) >= 11 is 1.35. The number of benzene rings is 3. The number of aliphatic imine (C=N–C) groups is 1. The number of thioether (sulfide) groups is 1. The van der Waals surface area contributed by atoms with Crippen molar-refractivity contribution >= 4 is 34.6 Å². The highest BCUT2D eigenvalue weighted by molar-refractivity contribution is 8.18. The van der Waals surface area contributed by atoms with E-state index in [-0.39, 0.29) is 5.91 Å². The number of amides is 1. The van der Waals surface area contributed by atoms with Crippen LogP contribution in [0.2, 0.25) is 0 Å². The monoisotopic (exact) mass is 479 g/mol. The summed E-state index contributed by atoms with van der Waals surface area (Å²) in [6.07, 6.45) is 1.95. The third-order valence-electron chi connectivity index (χ3n) is 5.59. The van der Waals surface area contributed by atoms with Crippen molar-refractivity contribution < 1.29 is 9.53 Å². The first-order valence-corrected chi connectivity index (χ1v) is 12.3. The van der Waals surface area contributed by atoms with E-state index in [1.165, 1.54) is 11.8 Å². The van der Waals surface area contributed by atoms with Crippen LogP contribution >= 0.6 is 11.8 Å². The molecule has 0 bridgehead atoms. The fourth-order valence-electron chi connectivity index (χ4n) is 4.10. The summed E-state index contributed by atoms with van der Waals surface area (Å²) in [5.41, 5.74) is 6.05. The summed E-state index contributed by atoms with van der Waals surface area (Å²) in [5.74, 6) is 0.649. The highest BCUT2D eigenvalue weighted by atomic mass is 32.2. The molecule has 6 heteroatoms. The lowest BCUT2D eigenvalue weighted by atomic mass is 10.1. The van der Waals surface area contributed by atoms with Gasteiger partial charge >= 0.3 is 0 Å². The van der Waals surface area contributed by atoms with Crippen molar-refractivity contribution in [2.24, 2.45) is 4.99 Å². The van der Waals surface area contributed by atoms with Gasteiger partial charge in [-0.15, -0.1) is 0 Å². The lowest BCUT2D eigenvalue weighted by Gasteiger charge is -2.13. The Kier molecular flexibility index (Phi) is 6.55. The Morgan fingerprint density at radius 3 is 2.34 bits per heavy atom. The molecule has 35 heavy (non-hydrogen) atoms. The van der Waals surface area contributed by atoms with E-state index < -0.39 is 0 Å². The van der Waals surface area contributed by atoms with Crippen molar-refractivity contribution in [3.05, 3.63) is 107 Å². The number of rotatable bonds is 6. The van der Waals surface area contributed by atoms with E-state index in [9.17, 15) is 4.79 Å². The molecule has 0 spiro atoms. The molecule has 4 aromatic rings. The summed E-state index contributed by atoms with van der Waals surface area (Å²) in [7, 11) is 0. The Bertz CT molecular complexity index is 1410. The average molecular weight is 480 g/mol. The second kappa shape index (κ2) is 10.1. The van der Waals surface area contributed by atoms with Crippen molar-refractivity contribution in [2.45, 2.75) is 13.8 Å². The van der Waals surface area contributed by atoms with Crippen LogP contribution in [0, 0.1) is 6.92 Å². The van der Waals surface area contributed by atoms with Gasteiger partial charge in [0.1, 0.15) is 5.75 Å². The maximum absolute atomic E-state index is 12.8. The Morgan fingerprint density at radius 2 is 1.66 bits per heavy atom. The zero-order chi connectivity index (χ0) is 24.2.